The molecule has 0 radical (unpaired) electrons. The number of hydrogen-bond acceptors (Lipinski definition) is 3. The predicted octanol–water partition coefficient (Wildman–Crippen LogP) is 0.171. The van der Waals surface area contributed by atoms with E-state index in [-0.39, 0.29) is 18.6 Å². The molecule has 1 N–H and O–H groups in total. The highest BCUT2D eigenvalue weighted by Crippen LogP contribution is 2.20. The smallest absolute Gasteiger partial charge is 0.246 e. The van der Waals surface area contributed by atoms with Crippen molar-refractivity contribution in [3.8, 4) is 0 Å². The second-order valence-corrected chi connectivity index (χ2v) is 4.11. The summed E-state index contributed by atoms with van der Waals surface area (Å²) in [6.45, 7) is 8.15. The Balaban J connectivity index is 2.70. The van der Waals surface area contributed by atoms with E-state index in [4.69, 9.17) is 9.84 Å². The van der Waals surface area contributed by atoms with Crippen molar-refractivity contribution in [1.82, 2.24) is 4.90 Å². The topological polar surface area (TPSA) is 49.8 Å². The minimum Gasteiger partial charge on any atom is -0.394 e. The van der Waals surface area contributed by atoms with Crippen molar-refractivity contribution in [3.05, 3.63) is 12.7 Å². The second-order valence-electron chi connectivity index (χ2n) is 4.11. The molecule has 1 aliphatic rings. The van der Waals surface area contributed by atoms with Crippen molar-refractivity contribution < 1.29 is 14.6 Å². The molecule has 0 aromatic rings. The number of amides is 1. The van der Waals surface area contributed by atoms with Crippen LogP contribution in [0.25, 0.3) is 0 Å². The van der Waals surface area contributed by atoms with Crippen molar-refractivity contribution in [2.45, 2.75) is 25.6 Å². The standard InChI is InChI=1S/C10H17NO3/c1-4-9(13)11-5-8(6-12)14-10(2,3)7-11/h4,8,12H,1,5-7H2,2-3H3/t8-/m0/s1. The zero-order valence-electron chi connectivity index (χ0n) is 8.69. The van der Waals surface area contributed by atoms with E-state index in [2.05, 4.69) is 6.58 Å². The molecule has 0 unspecified atom stereocenters. The monoisotopic (exact) mass is 199 g/mol. The van der Waals surface area contributed by atoms with Gasteiger partial charge in [0.1, 0.15) is 0 Å². The molecule has 1 heterocycles. The van der Waals surface area contributed by atoms with E-state index in [1.165, 1.54) is 6.08 Å². The van der Waals surface area contributed by atoms with Crippen LogP contribution in [0.5, 0.6) is 0 Å². The van der Waals surface area contributed by atoms with Gasteiger partial charge in [-0.2, -0.15) is 0 Å². The number of aliphatic hydroxyl groups is 1. The molecule has 1 amide bonds. The summed E-state index contributed by atoms with van der Waals surface area (Å²) >= 11 is 0. The summed E-state index contributed by atoms with van der Waals surface area (Å²) in [5, 5.41) is 9.01. The lowest BCUT2D eigenvalue weighted by atomic mass is 10.1. The van der Waals surface area contributed by atoms with Gasteiger partial charge < -0.3 is 14.7 Å². The molecule has 80 valence electrons. The van der Waals surface area contributed by atoms with E-state index in [1.54, 1.807) is 4.90 Å². The minimum absolute atomic E-state index is 0.0651. The van der Waals surface area contributed by atoms with Crippen LogP contribution in [-0.2, 0) is 9.53 Å². The number of carbonyl (C=O) groups excluding carboxylic acids is 1. The first-order chi connectivity index (χ1) is 6.48. The second kappa shape index (κ2) is 4.11. The molecule has 1 rings (SSSR count). The summed E-state index contributed by atoms with van der Waals surface area (Å²) in [4.78, 5) is 13.0. The van der Waals surface area contributed by atoms with Gasteiger partial charge >= 0.3 is 0 Å². The van der Waals surface area contributed by atoms with Gasteiger partial charge in [0.2, 0.25) is 5.91 Å². The van der Waals surface area contributed by atoms with Gasteiger partial charge in [0.25, 0.3) is 0 Å². The van der Waals surface area contributed by atoms with Crippen LogP contribution in [0, 0.1) is 0 Å². The Morgan fingerprint density at radius 2 is 2.43 bits per heavy atom. The quantitative estimate of drug-likeness (QED) is 0.645. The van der Waals surface area contributed by atoms with E-state index < -0.39 is 5.60 Å². The summed E-state index contributed by atoms with van der Waals surface area (Å²) in [7, 11) is 0. The average molecular weight is 199 g/mol. The SMILES string of the molecule is C=CC(=O)N1C[C@@H](CO)OC(C)(C)C1. The first kappa shape index (κ1) is 11.2. The maximum absolute atomic E-state index is 11.4. The molecule has 1 atom stereocenters. The Labute approximate surface area is 84.2 Å². The summed E-state index contributed by atoms with van der Waals surface area (Å²) < 4.78 is 5.57. The molecule has 1 saturated heterocycles. The predicted molar refractivity (Wildman–Crippen MR) is 52.8 cm³/mol. The molecule has 1 aliphatic heterocycles. The van der Waals surface area contributed by atoms with Gasteiger partial charge in [-0.1, -0.05) is 6.58 Å². The highest BCUT2D eigenvalue weighted by atomic mass is 16.5. The zero-order valence-corrected chi connectivity index (χ0v) is 8.69. The van der Waals surface area contributed by atoms with Gasteiger partial charge in [0, 0.05) is 13.1 Å². The molecule has 0 bridgehead atoms. The third-order valence-corrected chi connectivity index (χ3v) is 2.17. The minimum atomic E-state index is -0.398. The van der Waals surface area contributed by atoms with Gasteiger partial charge in [-0.3, -0.25) is 4.79 Å². The lowest BCUT2D eigenvalue weighted by Gasteiger charge is -2.41. The van der Waals surface area contributed by atoms with Gasteiger partial charge in [0.05, 0.1) is 18.3 Å². The van der Waals surface area contributed by atoms with E-state index in [1.807, 2.05) is 13.8 Å². The molecule has 1 fully saturated rings. The van der Waals surface area contributed by atoms with Crippen LogP contribution >= 0.6 is 0 Å². The van der Waals surface area contributed by atoms with Crippen molar-refractivity contribution >= 4 is 5.91 Å². The lowest BCUT2D eigenvalue weighted by molar-refractivity contribution is -0.163. The summed E-state index contributed by atoms with van der Waals surface area (Å²) in [5.41, 5.74) is -0.398. The molecule has 14 heavy (non-hydrogen) atoms. The zero-order chi connectivity index (χ0) is 10.8. The van der Waals surface area contributed by atoms with Gasteiger partial charge in [-0.15, -0.1) is 0 Å². The third-order valence-electron chi connectivity index (χ3n) is 2.17. The fraction of sp³-hybridized carbons (Fsp3) is 0.700. The number of morpholine rings is 1. The van der Waals surface area contributed by atoms with Crippen LogP contribution in [0.3, 0.4) is 0 Å². The highest BCUT2D eigenvalue weighted by Gasteiger charge is 2.34. The molecular weight excluding hydrogens is 182 g/mol. The van der Waals surface area contributed by atoms with Crippen LogP contribution in [0.2, 0.25) is 0 Å². The number of nitrogens with zero attached hydrogens (tertiary/aromatic N) is 1. The number of ether oxygens (including phenoxy) is 1. The fourth-order valence-corrected chi connectivity index (χ4v) is 1.69. The highest BCUT2D eigenvalue weighted by molar-refractivity contribution is 5.87. The van der Waals surface area contributed by atoms with Crippen molar-refractivity contribution in [1.29, 1.82) is 0 Å². The molecular formula is C10H17NO3. The molecule has 0 aromatic heterocycles. The van der Waals surface area contributed by atoms with E-state index in [9.17, 15) is 4.79 Å². The Kier molecular flexibility index (Phi) is 3.29. The first-order valence-electron chi connectivity index (χ1n) is 4.68. The largest absolute Gasteiger partial charge is 0.394 e. The average Bonchev–Trinajstić information content (AvgIpc) is 2.14. The molecule has 0 aliphatic carbocycles. The van der Waals surface area contributed by atoms with Crippen molar-refractivity contribution in [2.24, 2.45) is 0 Å². The van der Waals surface area contributed by atoms with Crippen LogP contribution in [0.4, 0.5) is 0 Å². The van der Waals surface area contributed by atoms with Crippen molar-refractivity contribution in [2.75, 3.05) is 19.7 Å². The molecule has 0 spiro atoms. The van der Waals surface area contributed by atoms with Gasteiger partial charge in [0.15, 0.2) is 0 Å². The molecule has 0 saturated carbocycles. The van der Waals surface area contributed by atoms with Crippen LogP contribution < -0.4 is 0 Å². The third kappa shape index (κ3) is 2.56. The van der Waals surface area contributed by atoms with E-state index in [0.717, 1.165) is 0 Å². The Morgan fingerprint density at radius 3 is 2.93 bits per heavy atom. The van der Waals surface area contributed by atoms with Crippen LogP contribution in [0.1, 0.15) is 13.8 Å². The number of rotatable bonds is 2. The van der Waals surface area contributed by atoms with Crippen molar-refractivity contribution in [3.63, 3.8) is 0 Å². The molecule has 4 heteroatoms. The number of carbonyl (C=O) groups is 1. The van der Waals surface area contributed by atoms with E-state index >= 15 is 0 Å². The van der Waals surface area contributed by atoms with Gasteiger partial charge in [-0.25, -0.2) is 0 Å². The Morgan fingerprint density at radius 1 is 1.79 bits per heavy atom. The summed E-state index contributed by atoms with van der Waals surface area (Å²) in [5.74, 6) is -0.111. The normalized spacial score (nSPS) is 25.9. The fourth-order valence-electron chi connectivity index (χ4n) is 1.69. The van der Waals surface area contributed by atoms with E-state index in [0.29, 0.717) is 13.1 Å². The Hall–Kier alpha value is -0.870. The Bertz CT molecular complexity index is 238. The lowest BCUT2D eigenvalue weighted by Crippen LogP contribution is -2.55. The van der Waals surface area contributed by atoms with Crippen LogP contribution in [0.15, 0.2) is 12.7 Å². The maximum atomic E-state index is 11.4. The van der Waals surface area contributed by atoms with Crippen LogP contribution in [-0.4, -0.2) is 47.3 Å². The maximum Gasteiger partial charge on any atom is 0.246 e. The first-order valence-corrected chi connectivity index (χ1v) is 4.68. The number of aliphatic hydroxyl groups excluding tert-OH is 1. The molecule has 4 nitrogen and oxygen atoms in total. The number of hydrogen-bond donors (Lipinski definition) is 1. The summed E-state index contributed by atoms with van der Waals surface area (Å²) in [6, 6.07) is 0. The molecule has 0 aromatic carbocycles. The summed E-state index contributed by atoms with van der Waals surface area (Å²) in [6.07, 6.45) is 0.998. The van der Waals surface area contributed by atoms with Gasteiger partial charge in [-0.05, 0) is 19.9 Å².